The first-order valence-electron chi connectivity index (χ1n) is 14.2. The molecule has 2 aromatic rings. The lowest BCUT2D eigenvalue weighted by atomic mass is 9.76. The van der Waals surface area contributed by atoms with Crippen molar-refractivity contribution in [1.82, 2.24) is 5.32 Å². The second kappa shape index (κ2) is 15.1. The molecule has 3 atom stereocenters. The molecule has 43 heavy (non-hydrogen) atoms. The molecular formula is C33H40F3NO6. The van der Waals surface area contributed by atoms with Gasteiger partial charge in [0.25, 0.3) is 0 Å². The zero-order valence-corrected chi connectivity index (χ0v) is 25.4. The third kappa shape index (κ3) is 11.4. The Labute approximate surface area is 250 Å². The summed E-state index contributed by atoms with van der Waals surface area (Å²) in [4.78, 5) is 64.9. The molecule has 0 aliphatic rings. The Hall–Kier alpha value is -3.82. The van der Waals surface area contributed by atoms with Gasteiger partial charge in [-0.15, -0.1) is 13.2 Å². The van der Waals surface area contributed by atoms with Crippen LogP contribution in [0.4, 0.5) is 13.2 Å². The Balaban J connectivity index is 2.00. The van der Waals surface area contributed by atoms with Gasteiger partial charge in [0.1, 0.15) is 5.75 Å². The maximum absolute atomic E-state index is 13.2. The molecule has 1 amide bonds. The average Bonchev–Trinajstić information content (AvgIpc) is 2.92. The minimum Gasteiger partial charge on any atom is -0.406 e. The Morgan fingerprint density at radius 2 is 1.42 bits per heavy atom. The van der Waals surface area contributed by atoms with E-state index in [1.807, 2.05) is 20.8 Å². The van der Waals surface area contributed by atoms with E-state index in [1.165, 1.54) is 19.1 Å². The normalized spacial score (nSPS) is 14.0. The highest BCUT2D eigenvalue weighted by molar-refractivity contribution is 6.38. The van der Waals surface area contributed by atoms with Crippen LogP contribution in [0.2, 0.25) is 0 Å². The third-order valence-electron chi connectivity index (χ3n) is 7.32. The van der Waals surface area contributed by atoms with Gasteiger partial charge in [0.15, 0.2) is 17.3 Å². The van der Waals surface area contributed by atoms with Crippen LogP contribution in [0.1, 0.15) is 76.7 Å². The number of amides is 1. The number of hydrogen-bond donors (Lipinski definition) is 1. The number of hydrogen-bond acceptors (Lipinski definition) is 6. The lowest BCUT2D eigenvalue weighted by Gasteiger charge is -2.30. The number of nitrogens with one attached hydrogen (secondary N) is 1. The molecule has 0 bridgehead atoms. The number of rotatable bonds is 15. The first kappa shape index (κ1) is 35.4. The van der Waals surface area contributed by atoms with Gasteiger partial charge in [-0.25, -0.2) is 0 Å². The fraction of sp³-hybridized carbons (Fsp3) is 0.485. The fourth-order valence-corrected chi connectivity index (χ4v) is 4.58. The summed E-state index contributed by atoms with van der Waals surface area (Å²) in [5.41, 5.74) is 0.457. The SMILES string of the molecule is CC(C)[C@H](CC(=O)[C@H](C)NC(=O)[C@@H](CC(=O)c1ccccc1)C(C)(C)C)C(=O)C(=O)CCc1ccc(OC(F)(F)F)cc1. The number of benzene rings is 2. The number of aryl methyl sites for hydroxylation is 1. The molecule has 0 saturated carbocycles. The number of Topliss-reactive ketones (excluding diaryl/α,β-unsaturated/α-hetero) is 4. The summed E-state index contributed by atoms with van der Waals surface area (Å²) in [6, 6.07) is 12.7. The fourth-order valence-electron chi connectivity index (χ4n) is 4.58. The third-order valence-corrected chi connectivity index (χ3v) is 7.32. The van der Waals surface area contributed by atoms with Crippen molar-refractivity contribution in [1.29, 1.82) is 0 Å². The monoisotopic (exact) mass is 603 g/mol. The maximum Gasteiger partial charge on any atom is 0.573 e. The highest BCUT2D eigenvalue weighted by Gasteiger charge is 2.36. The highest BCUT2D eigenvalue weighted by atomic mass is 19.4. The van der Waals surface area contributed by atoms with Crippen LogP contribution in [0.3, 0.4) is 0 Å². The van der Waals surface area contributed by atoms with Gasteiger partial charge in [-0.05, 0) is 42.4 Å². The summed E-state index contributed by atoms with van der Waals surface area (Å²) in [7, 11) is 0. The number of carbonyl (C=O) groups excluding carboxylic acids is 5. The van der Waals surface area contributed by atoms with Crippen molar-refractivity contribution >= 4 is 29.0 Å². The van der Waals surface area contributed by atoms with Crippen LogP contribution in [0, 0.1) is 23.2 Å². The van der Waals surface area contributed by atoms with E-state index in [0.717, 1.165) is 12.1 Å². The van der Waals surface area contributed by atoms with Gasteiger partial charge in [-0.1, -0.05) is 77.1 Å². The number of ketones is 4. The van der Waals surface area contributed by atoms with Crippen LogP contribution in [0.25, 0.3) is 0 Å². The molecular weight excluding hydrogens is 563 g/mol. The van der Waals surface area contributed by atoms with Gasteiger partial charge in [-0.2, -0.15) is 0 Å². The van der Waals surface area contributed by atoms with Crippen molar-refractivity contribution in [2.75, 3.05) is 0 Å². The van der Waals surface area contributed by atoms with E-state index >= 15 is 0 Å². The topological polar surface area (TPSA) is 107 Å². The molecule has 0 aliphatic heterocycles. The number of alkyl halides is 3. The van der Waals surface area contributed by atoms with Crippen LogP contribution in [-0.2, 0) is 25.6 Å². The molecule has 0 radical (unpaired) electrons. The Morgan fingerprint density at radius 3 is 1.93 bits per heavy atom. The Kier molecular flexibility index (Phi) is 12.4. The van der Waals surface area contributed by atoms with E-state index in [9.17, 15) is 37.1 Å². The van der Waals surface area contributed by atoms with Crippen molar-refractivity contribution in [2.24, 2.45) is 23.2 Å². The molecule has 0 heterocycles. The van der Waals surface area contributed by atoms with E-state index in [1.54, 1.807) is 44.2 Å². The molecule has 0 fully saturated rings. The summed E-state index contributed by atoms with van der Waals surface area (Å²) in [5, 5.41) is 2.70. The Morgan fingerprint density at radius 1 is 0.837 bits per heavy atom. The van der Waals surface area contributed by atoms with Gasteiger partial charge in [-0.3, -0.25) is 24.0 Å². The minimum atomic E-state index is -4.82. The first-order chi connectivity index (χ1) is 19.9. The quantitative estimate of drug-likeness (QED) is 0.188. The molecule has 0 aliphatic carbocycles. The van der Waals surface area contributed by atoms with E-state index in [0.29, 0.717) is 11.1 Å². The summed E-state index contributed by atoms with van der Waals surface area (Å²) in [6.07, 6.45) is -5.16. The van der Waals surface area contributed by atoms with E-state index in [-0.39, 0.29) is 37.4 Å². The molecule has 2 aromatic carbocycles. The Bertz CT molecular complexity index is 1280. The summed E-state index contributed by atoms with van der Waals surface area (Å²) in [6.45, 7) is 10.5. The van der Waals surface area contributed by atoms with Crippen LogP contribution in [-0.4, -0.2) is 41.4 Å². The summed E-state index contributed by atoms with van der Waals surface area (Å²) < 4.78 is 40.9. The van der Waals surface area contributed by atoms with E-state index in [2.05, 4.69) is 10.1 Å². The average molecular weight is 604 g/mol. The zero-order valence-electron chi connectivity index (χ0n) is 25.4. The van der Waals surface area contributed by atoms with Crippen LogP contribution in [0.15, 0.2) is 54.6 Å². The molecule has 10 heteroatoms. The highest BCUT2D eigenvalue weighted by Crippen LogP contribution is 2.31. The first-order valence-corrected chi connectivity index (χ1v) is 14.2. The van der Waals surface area contributed by atoms with Gasteiger partial charge >= 0.3 is 6.36 Å². The minimum absolute atomic E-state index is 0.0417. The van der Waals surface area contributed by atoms with Crippen molar-refractivity contribution in [3.8, 4) is 5.75 Å². The maximum atomic E-state index is 13.2. The molecule has 2 rings (SSSR count). The predicted molar refractivity (Wildman–Crippen MR) is 155 cm³/mol. The van der Waals surface area contributed by atoms with Gasteiger partial charge in [0.05, 0.1) is 12.0 Å². The van der Waals surface area contributed by atoms with Gasteiger partial charge in [0.2, 0.25) is 11.7 Å². The number of halogens is 3. The van der Waals surface area contributed by atoms with Crippen LogP contribution < -0.4 is 10.1 Å². The number of ether oxygens (including phenoxy) is 1. The smallest absolute Gasteiger partial charge is 0.406 e. The second-order valence-corrected chi connectivity index (χ2v) is 12.1. The van der Waals surface area contributed by atoms with Crippen molar-refractivity contribution in [3.63, 3.8) is 0 Å². The second-order valence-electron chi connectivity index (χ2n) is 12.1. The van der Waals surface area contributed by atoms with Crippen molar-refractivity contribution < 1.29 is 41.9 Å². The molecule has 0 spiro atoms. The van der Waals surface area contributed by atoms with Crippen molar-refractivity contribution in [3.05, 3.63) is 65.7 Å². The van der Waals surface area contributed by atoms with Crippen LogP contribution in [0.5, 0.6) is 5.75 Å². The zero-order chi connectivity index (χ0) is 32.5. The van der Waals surface area contributed by atoms with Crippen molar-refractivity contribution in [2.45, 2.75) is 79.6 Å². The number of carbonyl (C=O) groups is 5. The standard InChI is InChI=1S/C33H40F3NO6/c1-20(2)25(30(41)27(38)17-14-22-12-15-24(16-13-22)43-33(34,35)36)18-28(39)21(3)37-31(42)26(32(4,5)6)19-29(40)23-10-8-7-9-11-23/h7-13,15-16,20-21,25-26H,14,17-19H2,1-6H3,(H,37,42)/t21-,25-,26+/m0/s1. The molecule has 0 aromatic heterocycles. The largest absolute Gasteiger partial charge is 0.573 e. The van der Waals surface area contributed by atoms with Crippen LogP contribution >= 0.6 is 0 Å². The van der Waals surface area contributed by atoms with Gasteiger partial charge < -0.3 is 10.1 Å². The summed E-state index contributed by atoms with van der Waals surface area (Å²) >= 11 is 0. The summed E-state index contributed by atoms with van der Waals surface area (Å²) in [5.74, 6) is -4.81. The lowest BCUT2D eigenvalue weighted by Crippen LogP contribution is -2.46. The van der Waals surface area contributed by atoms with E-state index in [4.69, 9.17) is 0 Å². The molecule has 1 N–H and O–H groups in total. The predicted octanol–water partition coefficient (Wildman–Crippen LogP) is 6.33. The molecule has 234 valence electrons. The molecule has 7 nitrogen and oxygen atoms in total. The molecule has 0 saturated heterocycles. The molecule has 0 unspecified atom stereocenters. The van der Waals surface area contributed by atoms with E-state index < -0.39 is 58.7 Å². The van der Waals surface area contributed by atoms with Gasteiger partial charge in [0, 0.05) is 30.7 Å². The lowest BCUT2D eigenvalue weighted by molar-refractivity contribution is -0.274.